The first-order chi connectivity index (χ1) is 8.88. The number of hydrogen-bond acceptors (Lipinski definition) is 2. The molecule has 3 heteroatoms. The first-order valence-electron chi connectivity index (χ1n) is 6.46. The zero-order chi connectivity index (χ0) is 12.4. The Balaban J connectivity index is 1.97. The second-order valence-corrected chi connectivity index (χ2v) is 4.78. The molecule has 92 valence electrons. The van der Waals surface area contributed by atoms with Crippen molar-refractivity contribution >= 4 is 6.29 Å². The van der Waals surface area contributed by atoms with Crippen molar-refractivity contribution < 1.29 is 4.79 Å². The van der Waals surface area contributed by atoms with Crippen LogP contribution < -0.4 is 0 Å². The molecule has 0 saturated heterocycles. The average molecular weight is 240 g/mol. The highest BCUT2D eigenvalue weighted by atomic mass is 16.1. The van der Waals surface area contributed by atoms with Gasteiger partial charge in [0.1, 0.15) is 5.69 Å². The summed E-state index contributed by atoms with van der Waals surface area (Å²) >= 11 is 0. The van der Waals surface area contributed by atoms with E-state index in [-0.39, 0.29) is 0 Å². The summed E-state index contributed by atoms with van der Waals surface area (Å²) in [5.41, 5.74) is 4.30. The van der Waals surface area contributed by atoms with E-state index >= 15 is 0 Å². The maximum Gasteiger partial charge on any atom is 0.170 e. The van der Waals surface area contributed by atoms with Crippen LogP contribution in [-0.4, -0.2) is 16.1 Å². The van der Waals surface area contributed by atoms with Gasteiger partial charge in [-0.05, 0) is 31.2 Å². The molecule has 1 heterocycles. The van der Waals surface area contributed by atoms with Gasteiger partial charge in [0.2, 0.25) is 0 Å². The fourth-order valence-electron chi connectivity index (χ4n) is 2.68. The van der Waals surface area contributed by atoms with Crippen LogP contribution in [0.5, 0.6) is 0 Å². The SMILES string of the molecule is O=Cc1nn(Cc2ccccc2)c2c1CCCC2. The number of hydrogen-bond donors (Lipinski definition) is 0. The fourth-order valence-corrected chi connectivity index (χ4v) is 2.68. The molecule has 0 fully saturated rings. The summed E-state index contributed by atoms with van der Waals surface area (Å²) in [6, 6.07) is 10.3. The van der Waals surface area contributed by atoms with Crippen molar-refractivity contribution in [3.63, 3.8) is 0 Å². The van der Waals surface area contributed by atoms with Gasteiger partial charge >= 0.3 is 0 Å². The summed E-state index contributed by atoms with van der Waals surface area (Å²) in [5.74, 6) is 0. The van der Waals surface area contributed by atoms with Gasteiger partial charge in [-0.2, -0.15) is 5.10 Å². The number of carbonyl (C=O) groups is 1. The molecule has 1 aromatic heterocycles. The molecule has 3 rings (SSSR count). The summed E-state index contributed by atoms with van der Waals surface area (Å²) in [6.07, 6.45) is 5.31. The van der Waals surface area contributed by atoms with Crippen molar-refractivity contribution in [2.45, 2.75) is 32.2 Å². The van der Waals surface area contributed by atoms with Crippen LogP contribution in [0.1, 0.15) is 40.2 Å². The molecule has 1 aliphatic rings. The van der Waals surface area contributed by atoms with Gasteiger partial charge in [-0.3, -0.25) is 9.48 Å². The van der Waals surface area contributed by atoms with Crippen molar-refractivity contribution in [3.8, 4) is 0 Å². The molecule has 1 aliphatic carbocycles. The largest absolute Gasteiger partial charge is 0.296 e. The summed E-state index contributed by atoms with van der Waals surface area (Å²) in [6.45, 7) is 0.761. The van der Waals surface area contributed by atoms with E-state index in [4.69, 9.17) is 0 Å². The van der Waals surface area contributed by atoms with E-state index in [0.717, 1.165) is 25.7 Å². The minimum absolute atomic E-state index is 0.639. The molecule has 0 N–H and O–H groups in total. The second kappa shape index (κ2) is 4.77. The van der Waals surface area contributed by atoms with E-state index in [9.17, 15) is 4.79 Å². The first kappa shape index (κ1) is 11.2. The molecule has 0 spiro atoms. The summed E-state index contributed by atoms with van der Waals surface area (Å²) in [5, 5.41) is 4.45. The van der Waals surface area contributed by atoms with Gasteiger partial charge in [0.25, 0.3) is 0 Å². The molecular formula is C15H16N2O. The highest BCUT2D eigenvalue weighted by Gasteiger charge is 2.20. The van der Waals surface area contributed by atoms with Crippen molar-refractivity contribution in [3.05, 3.63) is 52.8 Å². The van der Waals surface area contributed by atoms with E-state index in [1.54, 1.807) is 0 Å². The lowest BCUT2D eigenvalue weighted by molar-refractivity contribution is 0.111. The van der Waals surface area contributed by atoms with E-state index in [1.165, 1.54) is 29.7 Å². The second-order valence-electron chi connectivity index (χ2n) is 4.78. The Morgan fingerprint density at radius 1 is 1.17 bits per heavy atom. The molecule has 18 heavy (non-hydrogen) atoms. The van der Waals surface area contributed by atoms with Gasteiger partial charge in [-0.1, -0.05) is 30.3 Å². The van der Waals surface area contributed by atoms with Gasteiger partial charge in [0.15, 0.2) is 6.29 Å². The number of aromatic nitrogens is 2. The average Bonchev–Trinajstić information content (AvgIpc) is 2.78. The molecular weight excluding hydrogens is 224 g/mol. The quantitative estimate of drug-likeness (QED) is 0.773. The van der Waals surface area contributed by atoms with Gasteiger partial charge < -0.3 is 0 Å². The Morgan fingerprint density at radius 3 is 2.72 bits per heavy atom. The van der Waals surface area contributed by atoms with Gasteiger partial charge in [0, 0.05) is 11.3 Å². The third-order valence-electron chi connectivity index (χ3n) is 3.57. The number of fused-ring (bicyclic) bond motifs is 1. The number of nitrogens with zero attached hydrogens (tertiary/aromatic N) is 2. The van der Waals surface area contributed by atoms with Crippen molar-refractivity contribution in [1.29, 1.82) is 0 Å². The lowest BCUT2D eigenvalue weighted by Crippen LogP contribution is -2.10. The van der Waals surface area contributed by atoms with Crippen molar-refractivity contribution in [1.82, 2.24) is 9.78 Å². The smallest absolute Gasteiger partial charge is 0.170 e. The van der Waals surface area contributed by atoms with Crippen LogP contribution in [0.25, 0.3) is 0 Å². The molecule has 0 unspecified atom stereocenters. The number of benzene rings is 1. The molecule has 0 saturated carbocycles. The fraction of sp³-hybridized carbons (Fsp3) is 0.333. The Kier molecular flexibility index (Phi) is 2.97. The van der Waals surface area contributed by atoms with Crippen molar-refractivity contribution in [2.75, 3.05) is 0 Å². The predicted molar refractivity (Wildman–Crippen MR) is 69.8 cm³/mol. The van der Waals surface area contributed by atoms with Gasteiger partial charge in [-0.25, -0.2) is 0 Å². The maximum absolute atomic E-state index is 11.1. The van der Waals surface area contributed by atoms with Crippen molar-refractivity contribution in [2.24, 2.45) is 0 Å². The number of aldehydes is 1. The molecule has 0 amide bonds. The number of rotatable bonds is 3. The normalized spacial score (nSPS) is 14.2. The van der Waals surface area contributed by atoms with Crippen LogP contribution in [-0.2, 0) is 19.4 Å². The summed E-state index contributed by atoms with van der Waals surface area (Å²) in [4.78, 5) is 11.1. The molecule has 0 aliphatic heterocycles. The van der Waals surface area contributed by atoms with Crippen LogP contribution in [0.4, 0.5) is 0 Å². The monoisotopic (exact) mass is 240 g/mol. The minimum Gasteiger partial charge on any atom is -0.296 e. The summed E-state index contributed by atoms with van der Waals surface area (Å²) in [7, 11) is 0. The number of carbonyl (C=O) groups excluding carboxylic acids is 1. The molecule has 0 bridgehead atoms. The van der Waals surface area contributed by atoms with Crippen LogP contribution >= 0.6 is 0 Å². The van der Waals surface area contributed by atoms with Gasteiger partial charge in [0.05, 0.1) is 6.54 Å². The highest BCUT2D eigenvalue weighted by Crippen LogP contribution is 2.24. The molecule has 3 nitrogen and oxygen atoms in total. The standard InChI is InChI=1S/C15H16N2O/c18-11-14-13-8-4-5-9-15(13)17(16-14)10-12-6-2-1-3-7-12/h1-3,6-7,11H,4-5,8-10H2. The van der Waals surface area contributed by atoms with Gasteiger partial charge in [-0.15, -0.1) is 0 Å². The Labute approximate surface area is 106 Å². The van der Waals surface area contributed by atoms with Crippen LogP contribution in [0, 0.1) is 0 Å². The van der Waals surface area contributed by atoms with Crippen LogP contribution in [0.2, 0.25) is 0 Å². The molecule has 0 atom stereocenters. The first-order valence-corrected chi connectivity index (χ1v) is 6.46. The Bertz CT molecular complexity index is 557. The zero-order valence-electron chi connectivity index (χ0n) is 10.3. The third kappa shape index (κ3) is 1.96. The predicted octanol–water partition coefficient (Wildman–Crippen LogP) is 2.62. The molecule has 2 aromatic rings. The van der Waals surface area contributed by atoms with E-state index < -0.39 is 0 Å². The van der Waals surface area contributed by atoms with Crippen LogP contribution in [0.15, 0.2) is 30.3 Å². The molecule has 1 aromatic carbocycles. The lowest BCUT2D eigenvalue weighted by Gasteiger charge is -2.13. The lowest BCUT2D eigenvalue weighted by atomic mass is 9.96. The van der Waals surface area contributed by atoms with E-state index in [0.29, 0.717) is 5.69 Å². The summed E-state index contributed by atoms with van der Waals surface area (Å²) < 4.78 is 2.01. The Morgan fingerprint density at radius 2 is 1.94 bits per heavy atom. The molecule has 0 radical (unpaired) electrons. The minimum atomic E-state index is 0.639. The zero-order valence-corrected chi connectivity index (χ0v) is 10.3. The maximum atomic E-state index is 11.1. The third-order valence-corrected chi connectivity index (χ3v) is 3.57. The van der Waals surface area contributed by atoms with E-state index in [1.807, 2.05) is 22.9 Å². The van der Waals surface area contributed by atoms with Crippen LogP contribution in [0.3, 0.4) is 0 Å². The Hall–Kier alpha value is -1.90. The topological polar surface area (TPSA) is 34.9 Å². The van der Waals surface area contributed by atoms with E-state index in [2.05, 4.69) is 17.2 Å². The highest BCUT2D eigenvalue weighted by molar-refractivity contribution is 5.75.